The van der Waals surface area contributed by atoms with Crippen LogP contribution in [0.25, 0.3) is 33.5 Å². The van der Waals surface area contributed by atoms with E-state index in [0.29, 0.717) is 40.2 Å². The van der Waals surface area contributed by atoms with E-state index in [0.717, 1.165) is 9.86 Å². The lowest BCUT2D eigenvalue weighted by Gasteiger charge is -2.18. The van der Waals surface area contributed by atoms with Crippen molar-refractivity contribution in [2.24, 2.45) is 5.10 Å². The Kier molecular flexibility index (Phi) is 8.41. The number of halogens is 2. The minimum Gasteiger partial charge on any atom is -0.490 e. The predicted octanol–water partition coefficient (Wildman–Crippen LogP) is 6.84. The Labute approximate surface area is 248 Å². The zero-order chi connectivity index (χ0) is 29.1. The van der Waals surface area contributed by atoms with Gasteiger partial charge in [0.1, 0.15) is 5.58 Å². The Morgan fingerprint density at radius 3 is 2.73 bits per heavy atom. The van der Waals surface area contributed by atoms with Crippen molar-refractivity contribution < 1.29 is 23.4 Å². The van der Waals surface area contributed by atoms with Crippen LogP contribution in [0.4, 0.5) is 0 Å². The third-order valence-electron chi connectivity index (χ3n) is 6.02. The molecule has 0 aliphatic carbocycles. The van der Waals surface area contributed by atoms with Crippen LogP contribution >= 0.6 is 27.5 Å². The molecule has 2 heterocycles. The van der Waals surface area contributed by atoms with Crippen LogP contribution in [0.1, 0.15) is 26.3 Å². The number of benzene rings is 3. The number of ether oxygens (including phenoxy) is 3. The van der Waals surface area contributed by atoms with Crippen molar-refractivity contribution in [3.63, 3.8) is 0 Å². The van der Waals surface area contributed by atoms with Gasteiger partial charge in [-0.2, -0.15) is 9.78 Å². The minimum absolute atomic E-state index is 0.195. The van der Waals surface area contributed by atoms with Gasteiger partial charge in [-0.25, -0.2) is 9.78 Å². The monoisotopic (exact) mass is 637 g/mol. The first-order valence-electron chi connectivity index (χ1n) is 12.8. The fourth-order valence-electron chi connectivity index (χ4n) is 4.16. The number of rotatable bonds is 9. The van der Waals surface area contributed by atoms with Gasteiger partial charge in [0.05, 0.1) is 35.4 Å². The zero-order valence-electron chi connectivity index (χ0n) is 22.4. The molecule has 0 fully saturated rings. The van der Waals surface area contributed by atoms with Crippen molar-refractivity contribution in [1.82, 2.24) is 9.66 Å². The average Bonchev–Trinajstić information content (AvgIpc) is 3.37. The van der Waals surface area contributed by atoms with Gasteiger partial charge < -0.3 is 18.6 Å². The quantitative estimate of drug-likeness (QED) is 0.129. The zero-order valence-corrected chi connectivity index (χ0v) is 24.7. The minimum atomic E-state index is -0.902. The van der Waals surface area contributed by atoms with E-state index in [-0.39, 0.29) is 28.8 Å². The summed E-state index contributed by atoms with van der Waals surface area (Å²) in [6.45, 7) is 5.64. The second kappa shape index (κ2) is 12.2. The first kappa shape index (κ1) is 28.4. The highest BCUT2D eigenvalue weighted by Crippen LogP contribution is 2.37. The largest absolute Gasteiger partial charge is 0.490 e. The van der Waals surface area contributed by atoms with Gasteiger partial charge in [-0.3, -0.25) is 4.79 Å². The molecule has 0 N–H and O–H groups in total. The summed E-state index contributed by atoms with van der Waals surface area (Å²) in [5.41, 5.74) is 1.30. The van der Waals surface area contributed by atoms with E-state index in [2.05, 4.69) is 21.0 Å². The number of hydrogen-bond acceptors (Lipinski definition) is 8. The van der Waals surface area contributed by atoms with Crippen molar-refractivity contribution in [3.8, 4) is 23.1 Å². The molecule has 210 valence electrons. The molecule has 0 aliphatic rings. The van der Waals surface area contributed by atoms with Crippen molar-refractivity contribution >= 4 is 61.6 Å². The first-order valence-corrected chi connectivity index (χ1v) is 14.0. The Balaban J connectivity index is 1.59. The van der Waals surface area contributed by atoms with Gasteiger partial charge in [-0.05, 0) is 74.9 Å². The normalized spacial score (nSPS) is 12.2. The average molecular weight is 639 g/mol. The Morgan fingerprint density at radius 1 is 1.15 bits per heavy atom. The molecule has 5 rings (SSSR count). The summed E-state index contributed by atoms with van der Waals surface area (Å²) in [5.74, 6) is 0.597. The van der Waals surface area contributed by atoms with Gasteiger partial charge in [-0.15, -0.1) is 0 Å². The van der Waals surface area contributed by atoms with Crippen LogP contribution in [0.3, 0.4) is 0 Å². The van der Waals surface area contributed by atoms with Crippen LogP contribution < -0.4 is 15.0 Å². The molecule has 9 nitrogen and oxygen atoms in total. The molecule has 41 heavy (non-hydrogen) atoms. The van der Waals surface area contributed by atoms with E-state index >= 15 is 0 Å². The van der Waals surface area contributed by atoms with Crippen molar-refractivity contribution in [2.45, 2.75) is 26.9 Å². The number of furan rings is 1. The summed E-state index contributed by atoms with van der Waals surface area (Å²) in [4.78, 5) is 30.4. The number of hydrogen-bond donors (Lipinski definition) is 0. The molecule has 11 heteroatoms. The molecule has 2 aromatic heterocycles. The van der Waals surface area contributed by atoms with E-state index in [9.17, 15) is 9.59 Å². The molecule has 0 aliphatic heterocycles. The molecule has 3 aromatic carbocycles. The number of aromatic nitrogens is 2. The molecule has 0 amide bonds. The molecular formula is C30H25BrClN3O6. The number of para-hydroxylation sites is 1. The van der Waals surface area contributed by atoms with Crippen LogP contribution in [0.2, 0.25) is 5.02 Å². The number of nitrogens with zero attached hydrogens (tertiary/aromatic N) is 3. The highest BCUT2D eigenvalue weighted by Gasteiger charge is 2.21. The van der Waals surface area contributed by atoms with E-state index in [4.69, 9.17) is 35.2 Å². The standard InChI is InChI=1S/C30H25BrClN3O6/c1-4-38-25-13-18(12-22(32)27(25)40-17(3)30(37)39-5-2)16-33-35-28(34-23-9-7-6-8-21(23)29(35)36)26-15-19-14-20(31)10-11-24(19)41-26/h6-17H,4-5H2,1-3H3/t17-/m1/s1. The molecule has 0 saturated heterocycles. The molecule has 1 atom stereocenters. The number of fused-ring (bicyclic) bond motifs is 2. The van der Waals surface area contributed by atoms with E-state index in [1.54, 1.807) is 44.2 Å². The topological polar surface area (TPSA) is 105 Å². The number of carbonyl (C=O) groups is 1. The van der Waals surface area contributed by atoms with Gasteiger partial charge >= 0.3 is 5.97 Å². The third-order valence-corrected chi connectivity index (χ3v) is 6.79. The maximum absolute atomic E-state index is 13.6. The SMILES string of the molecule is CCOC(=O)[C@@H](C)Oc1c(Cl)cc(C=Nn2c(-c3cc4cc(Br)ccc4o3)nc3ccccc3c2=O)cc1OCC. The van der Waals surface area contributed by atoms with Gasteiger partial charge in [-0.1, -0.05) is 39.7 Å². The van der Waals surface area contributed by atoms with Crippen LogP contribution in [-0.4, -0.2) is 41.2 Å². The molecular weight excluding hydrogens is 614 g/mol. The summed E-state index contributed by atoms with van der Waals surface area (Å²) in [6.07, 6.45) is 0.563. The smallest absolute Gasteiger partial charge is 0.347 e. The second-order valence-electron chi connectivity index (χ2n) is 8.88. The maximum Gasteiger partial charge on any atom is 0.347 e. The van der Waals surface area contributed by atoms with Crippen LogP contribution in [0, 0.1) is 0 Å². The fourth-order valence-corrected chi connectivity index (χ4v) is 4.81. The van der Waals surface area contributed by atoms with Crippen molar-refractivity contribution in [1.29, 1.82) is 0 Å². The predicted molar refractivity (Wildman–Crippen MR) is 161 cm³/mol. The van der Waals surface area contributed by atoms with Crippen LogP contribution in [0.5, 0.6) is 11.5 Å². The first-order chi connectivity index (χ1) is 19.8. The summed E-state index contributed by atoms with van der Waals surface area (Å²) >= 11 is 10.0. The van der Waals surface area contributed by atoms with Crippen LogP contribution in [0.15, 0.2) is 79.4 Å². The highest BCUT2D eigenvalue weighted by atomic mass is 79.9. The van der Waals surface area contributed by atoms with Crippen LogP contribution in [-0.2, 0) is 9.53 Å². The molecule has 0 spiro atoms. The number of carbonyl (C=O) groups excluding carboxylic acids is 1. The lowest BCUT2D eigenvalue weighted by Crippen LogP contribution is -2.26. The molecule has 0 saturated carbocycles. The second-order valence-corrected chi connectivity index (χ2v) is 10.2. The van der Waals surface area contributed by atoms with E-state index in [1.807, 2.05) is 37.3 Å². The lowest BCUT2D eigenvalue weighted by atomic mass is 10.2. The molecule has 0 unspecified atom stereocenters. The van der Waals surface area contributed by atoms with Crippen molar-refractivity contribution in [3.05, 3.63) is 86.1 Å². The van der Waals surface area contributed by atoms with E-state index in [1.165, 1.54) is 10.9 Å². The summed E-state index contributed by atoms with van der Waals surface area (Å²) in [5, 5.41) is 5.93. The Morgan fingerprint density at radius 2 is 1.95 bits per heavy atom. The highest BCUT2D eigenvalue weighted by molar-refractivity contribution is 9.10. The van der Waals surface area contributed by atoms with Gasteiger partial charge in [0.15, 0.2) is 23.4 Å². The summed E-state index contributed by atoms with van der Waals surface area (Å²) < 4.78 is 24.7. The Bertz CT molecular complexity index is 1850. The van der Waals surface area contributed by atoms with Gasteiger partial charge in [0.25, 0.3) is 5.56 Å². The summed E-state index contributed by atoms with van der Waals surface area (Å²) in [6, 6.07) is 17.7. The van der Waals surface area contributed by atoms with Crippen molar-refractivity contribution in [2.75, 3.05) is 13.2 Å². The Hall–Kier alpha value is -4.15. The summed E-state index contributed by atoms with van der Waals surface area (Å²) in [7, 11) is 0. The lowest BCUT2D eigenvalue weighted by molar-refractivity contribution is -0.150. The maximum atomic E-state index is 13.6. The van der Waals surface area contributed by atoms with E-state index < -0.39 is 12.1 Å². The van der Waals surface area contributed by atoms with Gasteiger partial charge in [0.2, 0.25) is 5.82 Å². The third kappa shape index (κ3) is 5.98. The molecule has 5 aromatic rings. The number of esters is 1. The fraction of sp³-hybridized carbons (Fsp3) is 0.200. The molecule has 0 radical (unpaired) electrons. The molecule has 0 bridgehead atoms. The van der Waals surface area contributed by atoms with Gasteiger partial charge in [0, 0.05) is 9.86 Å².